The summed E-state index contributed by atoms with van der Waals surface area (Å²) < 4.78 is 0. The van der Waals surface area contributed by atoms with Gasteiger partial charge in [-0.05, 0) is 50.4 Å². The molecule has 164 valence electrons. The molecule has 2 aliphatic heterocycles. The maximum Gasteiger partial charge on any atom is 0.154 e. The highest BCUT2D eigenvalue weighted by atomic mass is 16.1. The molecule has 12 unspecified atom stereocenters. The van der Waals surface area contributed by atoms with Gasteiger partial charge in [0.2, 0.25) is 0 Å². The minimum atomic E-state index is 0.0241. The van der Waals surface area contributed by atoms with Crippen LogP contribution in [0.25, 0.3) is 0 Å². The van der Waals surface area contributed by atoms with Crippen LogP contribution < -0.4 is 21.3 Å². The van der Waals surface area contributed by atoms with E-state index in [1.807, 2.05) is 0 Å². The van der Waals surface area contributed by atoms with Crippen LogP contribution in [-0.2, 0) is 9.59 Å². The van der Waals surface area contributed by atoms with E-state index in [0.29, 0.717) is 59.7 Å². The summed E-state index contributed by atoms with van der Waals surface area (Å²) in [5, 5.41) is 15.6. The second kappa shape index (κ2) is 6.84. The first-order chi connectivity index (χ1) is 14.7. The van der Waals surface area contributed by atoms with Crippen molar-refractivity contribution in [2.45, 2.75) is 113 Å². The van der Waals surface area contributed by atoms with Crippen molar-refractivity contribution in [1.82, 2.24) is 21.3 Å². The third-order valence-electron chi connectivity index (χ3n) is 10.2. The predicted octanol–water partition coefficient (Wildman–Crippen LogP) is 0.893. The minimum absolute atomic E-state index is 0.0241. The average molecular weight is 413 g/mol. The lowest BCUT2D eigenvalue weighted by molar-refractivity contribution is -0.125. The fraction of sp³-hybridized carbons (Fsp3) is 0.917. The van der Waals surface area contributed by atoms with E-state index in [9.17, 15) is 9.59 Å². The van der Waals surface area contributed by atoms with Crippen molar-refractivity contribution in [1.29, 1.82) is 0 Å². The molecule has 7 rings (SSSR count). The predicted molar refractivity (Wildman–Crippen MR) is 113 cm³/mol. The second-order valence-electron chi connectivity index (χ2n) is 11.5. The van der Waals surface area contributed by atoms with Gasteiger partial charge in [-0.2, -0.15) is 0 Å². The van der Waals surface area contributed by atoms with Crippen LogP contribution in [-0.4, -0.2) is 59.9 Å². The smallest absolute Gasteiger partial charge is 0.154 e. The summed E-state index contributed by atoms with van der Waals surface area (Å²) in [6.45, 7) is 0. The fourth-order valence-electron chi connectivity index (χ4n) is 8.90. The summed E-state index contributed by atoms with van der Waals surface area (Å²) in [7, 11) is 0. The molecule has 0 aromatic rings. The first kappa shape index (κ1) is 18.7. The standard InChI is InChI=1S/C24H36N4O2/c29-23-13-7-3-1-5-11(13)19-21(23)27-17-10-16-18(9-15(17)25-19)28-22-20(26-16)12-6-2-4-8-14(12)24(22)30/h11-22,25-28H,1-10H2. The second-order valence-corrected chi connectivity index (χ2v) is 11.5. The van der Waals surface area contributed by atoms with Gasteiger partial charge in [0.1, 0.15) is 0 Å². The molecular weight excluding hydrogens is 376 g/mol. The van der Waals surface area contributed by atoms with E-state index in [-0.39, 0.29) is 23.9 Å². The Balaban J connectivity index is 1.11. The number of piperazine rings is 2. The van der Waals surface area contributed by atoms with Crippen molar-refractivity contribution < 1.29 is 9.59 Å². The zero-order valence-electron chi connectivity index (χ0n) is 17.8. The number of ketones is 2. The van der Waals surface area contributed by atoms with Crippen LogP contribution in [0, 0.1) is 23.7 Å². The average Bonchev–Trinajstić information content (AvgIpc) is 3.21. The van der Waals surface area contributed by atoms with Crippen molar-refractivity contribution >= 4 is 11.6 Å². The number of carbonyl (C=O) groups is 2. The molecule has 0 aromatic heterocycles. The van der Waals surface area contributed by atoms with Crippen molar-refractivity contribution in [3.8, 4) is 0 Å². The van der Waals surface area contributed by atoms with E-state index in [2.05, 4.69) is 21.3 Å². The molecule has 7 fully saturated rings. The summed E-state index contributed by atoms with van der Waals surface area (Å²) in [5.74, 6) is 2.60. The quantitative estimate of drug-likeness (QED) is 0.473. The summed E-state index contributed by atoms with van der Waals surface area (Å²) >= 11 is 0. The van der Waals surface area contributed by atoms with Gasteiger partial charge in [-0.1, -0.05) is 25.7 Å². The van der Waals surface area contributed by atoms with Gasteiger partial charge in [-0.15, -0.1) is 0 Å². The molecule has 2 saturated heterocycles. The van der Waals surface area contributed by atoms with Crippen LogP contribution in [0.2, 0.25) is 0 Å². The molecule has 0 spiro atoms. The zero-order chi connectivity index (χ0) is 20.0. The van der Waals surface area contributed by atoms with E-state index in [4.69, 9.17) is 0 Å². The Morgan fingerprint density at radius 1 is 0.533 bits per heavy atom. The van der Waals surface area contributed by atoms with E-state index in [0.717, 1.165) is 25.7 Å². The van der Waals surface area contributed by atoms with Gasteiger partial charge in [0, 0.05) is 48.1 Å². The van der Waals surface area contributed by atoms with E-state index < -0.39 is 0 Å². The van der Waals surface area contributed by atoms with Gasteiger partial charge in [0.25, 0.3) is 0 Å². The first-order valence-electron chi connectivity index (χ1n) is 12.8. The SMILES string of the molecule is O=C1C2CCCCC2C2NC3CC4NC5C(=O)C6CCCCC6C5NC4CC3NC12. The number of carbonyl (C=O) groups excluding carboxylic acids is 2. The Morgan fingerprint density at radius 3 is 1.40 bits per heavy atom. The summed E-state index contributed by atoms with van der Waals surface area (Å²) in [6, 6.07) is 2.23. The Hall–Kier alpha value is -0.820. The van der Waals surface area contributed by atoms with E-state index >= 15 is 0 Å². The number of nitrogens with one attached hydrogen (secondary N) is 4. The van der Waals surface area contributed by atoms with Crippen molar-refractivity contribution in [3.63, 3.8) is 0 Å². The van der Waals surface area contributed by atoms with Gasteiger partial charge < -0.3 is 21.3 Å². The van der Waals surface area contributed by atoms with E-state index in [1.54, 1.807) is 0 Å². The molecular formula is C24H36N4O2. The molecule has 0 aromatic carbocycles. The van der Waals surface area contributed by atoms with Gasteiger partial charge in [-0.25, -0.2) is 0 Å². The lowest BCUT2D eigenvalue weighted by atomic mass is 9.75. The molecule has 2 heterocycles. The molecule has 0 bridgehead atoms. The molecule has 7 aliphatic rings. The van der Waals surface area contributed by atoms with Gasteiger partial charge in [0.05, 0.1) is 12.1 Å². The number of fused-ring (bicyclic) bond motifs is 8. The molecule has 5 aliphatic carbocycles. The topological polar surface area (TPSA) is 82.3 Å². The van der Waals surface area contributed by atoms with Gasteiger partial charge >= 0.3 is 0 Å². The minimum Gasteiger partial charge on any atom is -0.307 e. The van der Waals surface area contributed by atoms with Crippen LogP contribution in [0.5, 0.6) is 0 Å². The molecule has 30 heavy (non-hydrogen) atoms. The highest BCUT2D eigenvalue weighted by Crippen LogP contribution is 2.45. The third kappa shape index (κ3) is 2.57. The molecule has 0 radical (unpaired) electrons. The van der Waals surface area contributed by atoms with Gasteiger partial charge in [0.15, 0.2) is 11.6 Å². The molecule has 12 atom stereocenters. The first-order valence-corrected chi connectivity index (χ1v) is 12.8. The maximum atomic E-state index is 13.1. The lowest BCUT2D eigenvalue weighted by Gasteiger charge is -2.52. The van der Waals surface area contributed by atoms with Gasteiger partial charge in [-0.3, -0.25) is 9.59 Å². The van der Waals surface area contributed by atoms with Crippen molar-refractivity contribution in [3.05, 3.63) is 0 Å². The van der Waals surface area contributed by atoms with Crippen LogP contribution in [0.1, 0.15) is 64.2 Å². The molecule has 4 N–H and O–H groups in total. The fourth-order valence-corrected chi connectivity index (χ4v) is 8.90. The Labute approximate surface area is 179 Å². The maximum absolute atomic E-state index is 13.1. The number of hydrogen-bond acceptors (Lipinski definition) is 6. The largest absolute Gasteiger partial charge is 0.307 e. The Bertz CT molecular complexity index is 695. The highest BCUT2D eigenvalue weighted by Gasteiger charge is 2.58. The molecule has 6 nitrogen and oxygen atoms in total. The molecule has 0 amide bonds. The normalized spacial score (nSPS) is 56.9. The number of hydrogen-bond donors (Lipinski definition) is 4. The number of rotatable bonds is 0. The van der Waals surface area contributed by atoms with Crippen molar-refractivity contribution in [2.75, 3.05) is 0 Å². The van der Waals surface area contributed by atoms with Crippen LogP contribution in [0.3, 0.4) is 0 Å². The Kier molecular flexibility index (Phi) is 4.27. The third-order valence-corrected chi connectivity index (χ3v) is 10.2. The van der Waals surface area contributed by atoms with Crippen LogP contribution in [0.15, 0.2) is 0 Å². The molecule has 5 saturated carbocycles. The lowest BCUT2D eigenvalue weighted by Crippen LogP contribution is -2.76. The van der Waals surface area contributed by atoms with Crippen LogP contribution >= 0.6 is 0 Å². The summed E-state index contributed by atoms with van der Waals surface area (Å²) in [5.41, 5.74) is 0. The zero-order valence-corrected chi connectivity index (χ0v) is 17.8. The monoisotopic (exact) mass is 412 g/mol. The Morgan fingerprint density at radius 2 is 0.933 bits per heavy atom. The highest BCUT2D eigenvalue weighted by molar-refractivity contribution is 5.91. The summed E-state index contributed by atoms with van der Waals surface area (Å²) in [4.78, 5) is 26.2. The summed E-state index contributed by atoms with van der Waals surface area (Å²) in [6.07, 6.45) is 11.7. The van der Waals surface area contributed by atoms with Crippen LogP contribution in [0.4, 0.5) is 0 Å². The van der Waals surface area contributed by atoms with Crippen molar-refractivity contribution in [2.24, 2.45) is 23.7 Å². The number of Topliss-reactive ketones (excluding diaryl/α,β-unsaturated/α-hetero) is 2. The van der Waals surface area contributed by atoms with E-state index in [1.165, 1.54) is 38.5 Å². The molecule has 6 heteroatoms.